The molecule has 1 aliphatic heterocycles. The summed E-state index contributed by atoms with van der Waals surface area (Å²) in [5.74, 6) is 0.211. The van der Waals surface area contributed by atoms with Gasteiger partial charge in [-0.2, -0.15) is 0 Å². The van der Waals surface area contributed by atoms with Crippen LogP contribution >= 0.6 is 0 Å². The Balaban J connectivity index is 1.56. The number of hydrogen-bond donors (Lipinski definition) is 0. The van der Waals surface area contributed by atoms with Crippen molar-refractivity contribution in [3.8, 4) is 0 Å². The van der Waals surface area contributed by atoms with Crippen molar-refractivity contribution in [2.45, 2.75) is 38.3 Å². The van der Waals surface area contributed by atoms with E-state index in [1.807, 2.05) is 15.7 Å². The number of aromatic nitrogens is 4. The van der Waals surface area contributed by atoms with E-state index in [-0.39, 0.29) is 11.9 Å². The maximum Gasteiger partial charge on any atom is 0.223 e. The zero-order valence-corrected chi connectivity index (χ0v) is 11.9. The number of aryl methyl sites for hydroxylation is 1. The van der Waals surface area contributed by atoms with Gasteiger partial charge in [0.25, 0.3) is 0 Å². The number of carbonyl (C=O) groups is 1. The first-order valence-electron chi connectivity index (χ1n) is 7.36. The number of amides is 1. The molecular weight excluding hydrogens is 266 g/mol. The predicted molar refractivity (Wildman–Crippen MR) is 77.2 cm³/mol. The molecule has 3 rings (SSSR count). The van der Waals surface area contributed by atoms with Crippen LogP contribution in [0.25, 0.3) is 0 Å². The summed E-state index contributed by atoms with van der Waals surface area (Å²) in [6.07, 6.45) is 14.0. The summed E-state index contributed by atoms with van der Waals surface area (Å²) >= 11 is 0. The van der Waals surface area contributed by atoms with Crippen LogP contribution in [0, 0.1) is 0 Å². The number of hydrogen-bond acceptors (Lipinski definition) is 4. The maximum absolute atomic E-state index is 12.4. The molecule has 0 aromatic carbocycles. The highest BCUT2D eigenvalue weighted by Crippen LogP contribution is 2.30. The minimum absolute atomic E-state index is 0.0967. The molecule has 1 aliphatic rings. The standard InChI is InChI=1S/C15H19N5O/c21-15(4-2-8-19-10-7-17-12-19)20-9-1-3-14(20)13-11-16-5-6-18-13/h5-7,10-12,14H,1-4,8-9H2/t14-/m0/s1. The van der Waals surface area contributed by atoms with Crippen LogP contribution in [0.5, 0.6) is 0 Å². The zero-order chi connectivity index (χ0) is 14.5. The quantitative estimate of drug-likeness (QED) is 0.840. The molecule has 0 unspecified atom stereocenters. The highest BCUT2D eigenvalue weighted by molar-refractivity contribution is 5.76. The fourth-order valence-electron chi connectivity index (χ4n) is 2.83. The molecule has 6 nitrogen and oxygen atoms in total. The van der Waals surface area contributed by atoms with Gasteiger partial charge in [-0.15, -0.1) is 0 Å². The van der Waals surface area contributed by atoms with Gasteiger partial charge in [0.15, 0.2) is 0 Å². The van der Waals surface area contributed by atoms with Gasteiger partial charge in [-0.25, -0.2) is 4.98 Å². The second kappa shape index (κ2) is 6.47. The number of imidazole rings is 1. The van der Waals surface area contributed by atoms with Gasteiger partial charge in [-0.3, -0.25) is 14.8 Å². The molecule has 0 spiro atoms. The summed E-state index contributed by atoms with van der Waals surface area (Å²) in [5, 5.41) is 0. The van der Waals surface area contributed by atoms with E-state index in [0.717, 1.165) is 38.0 Å². The Labute approximate surface area is 123 Å². The lowest BCUT2D eigenvalue weighted by atomic mass is 10.1. The lowest BCUT2D eigenvalue weighted by molar-refractivity contribution is -0.132. The molecule has 0 saturated carbocycles. The van der Waals surface area contributed by atoms with Gasteiger partial charge in [-0.1, -0.05) is 0 Å². The molecule has 6 heteroatoms. The molecule has 2 aromatic rings. The van der Waals surface area contributed by atoms with Crippen molar-refractivity contribution >= 4 is 5.91 Å². The van der Waals surface area contributed by atoms with Crippen molar-refractivity contribution in [3.05, 3.63) is 43.0 Å². The van der Waals surface area contributed by atoms with Crippen molar-refractivity contribution in [2.75, 3.05) is 6.54 Å². The second-order valence-corrected chi connectivity index (χ2v) is 5.28. The Bertz CT molecular complexity index is 569. The average Bonchev–Trinajstić information content (AvgIpc) is 3.19. The van der Waals surface area contributed by atoms with Crippen molar-refractivity contribution in [3.63, 3.8) is 0 Å². The van der Waals surface area contributed by atoms with Crippen LogP contribution in [0.15, 0.2) is 37.3 Å². The van der Waals surface area contributed by atoms with Gasteiger partial charge in [-0.05, 0) is 19.3 Å². The molecule has 2 aromatic heterocycles. The topological polar surface area (TPSA) is 63.9 Å². The molecule has 1 fully saturated rings. The molecular formula is C15H19N5O. The molecule has 0 bridgehead atoms. The van der Waals surface area contributed by atoms with Crippen molar-refractivity contribution in [1.82, 2.24) is 24.4 Å². The van der Waals surface area contributed by atoms with E-state index < -0.39 is 0 Å². The molecule has 1 atom stereocenters. The van der Waals surface area contributed by atoms with Crippen LogP contribution in [-0.2, 0) is 11.3 Å². The van der Waals surface area contributed by atoms with Crippen molar-refractivity contribution in [1.29, 1.82) is 0 Å². The fraction of sp³-hybridized carbons (Fsp3) is 0.467. The SMILES string of the molecule is O=C(CCCn1ccnc1)N1CCC[C@H]1c1cnccn1. The van der Waals surface area contributed by atoms with Gasteiger partial charge in [0, 0.05) is 44.3 Å². The molecule has 0 N–H and O–H groups in total. The second-order valence-electron chi connectivity index (χ2n) is 5.28. The highest BCUT2D eigenvalue weighted by Gasteiger charge is 2.30. The Morgan fingerprint density at radius 2 is 2.24 bits per heavy atom. The van der Waals surface area contributed by atoms with Crippen LogP contribution in [-0.4, -0.2) is 36.9 Å². The maximum atomic E-state index is 12.4. The van der Waals surface area contributed by atoms with Crippen LogP contribution in [0.3, 0.4) is 0 Å². The van der Waals surface area contributed by atoms with Crippen LogP contribution in [0.4, 0.5) is 0 Å². The highest BCUT2D eigenvalue weighted by atomic mass is 16.2. The van der Waals surface area contributed by atoms with E-state index in [9.17, 15) is 4.79 Å². The summed E-state index contributed by atoms with van der Waals surface area (Å²) in [6.45, 7) is 1.65. The van der Waals surface area contributed by atoms with Gasteiger partial charge in [0.2, 0.25) is 5.91 Å². The molecule has 110 valence electrons. The largest absolute Gasteiger partial charge is 0.337 e. The third kappa shape index (κ3) is 3.26. The minimum Gasteiger partial charge on any atom is -0.337 e. The smallest absolute Gasteiger partial charge is 0.223 e. The van der Waals surface area contributed by atoms with Gasteiger partial charge >= 0.3 is 0 Å². The van der Waals surface area contributed by atoms with E-state index in [0.29, 0.717) is 6.42 Å². The Morgan fingerprint density at radius 1 is 1.29 bits per heavy atom. The van der Waals surface area contributed by atoms with Crippen molar-refractivity contribution in [2.24, 2.45) is 0 Å². The molecule has 1 amide bonds. The monoisotopic (exact) mass is 285 g/mol. The third-order valence-electron chi connectivity index (χ3n) is 3.86. The minimum atomic E-state index is 0.0967. The van der Waals surface area contributed by atoms with Crippen LogP contribution in [0.2, 0.25) is 0 Å². The van der Waals surface area contributed by atoms with Gasteiger partial charge in [0.05, 0.1) is 24.3 Å². The Hall–Kier alpha value is -2.24. The number of carbonyl (C=O) groups excluding carboxylic acids is 1. The first-order chi connectivity index (χ1) is 10.3. The predicted octanol–water partition coefficient (Wildman–Crippen LogP) is 1.82. The van der Waals surface area contributed by atoms with Crippen LogP contribution in [0.1, 0.15) is 37.4 Å². The summed E-state index contributed by atoms with van der Waals surface area (Å²) in [6, 6.07) is 0.0967. The van der Waals surface area contributed by atoms with E-state index in [2.05, 4.69) is 15.0 Å². The first-order valence-corrected chi connectivity index (χ1v) is 7.36. The summed E-state index contributed by atoms with van der Waals surface area (Å²) in [4.78, 5) is 26.8. The van der Waals surface area contributed by atoms with E-state index in [4.69, 9.17) is 0 Å². The van der Waals surface area contributed by atoms with E-state index in [1.165, 1.54) is 0 Å². The fourth-order valence-corrected chi connectivity index (χ4v) is 2.83. The van der Waals surface area contributed by atoms with Gasteiger partial charge < -0.3 is 9.47 Å². The third-order valence-corrected chi connectivity index (χ3v) is 3.86. The summed E-state index contributed by atoms with van der Waals surface area (Å²) in [5.41, 5.74) is 0.901. The summed E-state index contributed by atoms with van der Waals surface area (Å²) < 4.78 is 2.00. The zero-order valence-electron chi connectivity index (χ0n) is 11.9. The number of rotatable bonds is 5. The molecule has 3 heterocycles. The Kier molecular flexibility index (Phi) is 4.23. The lowest BCUT2D eigenvalue weighted by Crippen LogP contribution is -2.31. The molecule has 1 saturated heterocycles. The number of likely N-dealkylation sites (tertiary alicyclic amines) is 1. The van der Waals surface area contributed by atoms with E-state index >= 15 is 0 Å². The molecule has 21 heavy (non-hydrogen) atoms. The summed E-state index contributed by atoms with van der Waals surface area (Å²) in [7, 11) is 0. The van der Waals surface area contributed by atoms with Crippen LogP contribution < -0.4 is 0 Å². The lowest BCUT2D eigenvalue weighted by Gasteiger charge is -2.24. The first kappa shape index (κ1) is 13.7. The Morgan fingerprint density at radius 3 is 3.00 bits per heavy atom. The molecule has 0 radical (unpaired) electrons. The molecule has 0 aliphatic carbocycles. The normalized spacial score (nSPS) is 18.1. The van der Waals surface area contributed by atoms with Crippen molar-refractivity contribution < 1.29 is 4.79 Å². The van der Waals surface area contributed by atoms with E-state index in [1.54, 1.807) is 31.1 Å². The van der Waals surface area contributed by atoms with Gasteiger partial charge in [0.1, 0.15) is 0 Å². The average molecular weight is 285 g/mol. The number of nitrogens with zero attached hydrogens (tertiary/aromatic N) is 5.